The predicted octanol–water partition coefficient (Wildman–Crippen LogP) is 1.91. The summed E-state index contributed by atoms with van der Waals surface area (Å²) in [5.74, 6) is 4.42. The van der Waals surface area contributed by atoms with E-state index in [-0.39, 0.29) is 11.6 Å². The summed E-state index contributed by atoms with van der Waals surface area (Å²) in [7, 11) is 0. The van der Waals surface area contributed by atoms with Crippen LogP contribution in [0.5, 0.6) is 0 Å². The first-order valence-corrected chi connectivity index (χ1v) is 3.88. The van der Waals surface area contributed by atoms with Crippen LogP contribution < -0.4 is 5.90 Å². The fourth-order valence-corrected chi connectivity index (χ4v) is 1.10. The van der Waals surface area contributed by atoms with Crippen LogP contribution in [-0.4, -0.2) is 6.61 Å². The van der Waals surface area contributed by atoms with Gasteiger partial charge in [-0.2, -0.15) is 0 Å². The number of nitrogens with two attached hydrogens (primary N) is 1. The Bertz CT molecular complexity index is 267. The van der Waals surface area contributed by atoms with Gasteiger partial charge in [0.25, 0.3) is 0 Å². The van der Waals surface area contributed by atoms with E-state index in [1.807, 2.05) is 0 Å². The highest BCUT2D eigenvalue weighted by Crippen LogP contribution is 2.17. The van der Waals surface area contributed by atoms with Gasteiger partial charge in [-0.3, -0.25) is 0 Å². The zero-order valence-electron chi connectivity index (χ0n) is 6.39. The first kappa shape index (κ1) is 9.45. The van der Waals surface area contributed by atoms with Crippen LogP contribution in [0.1, 0.15) is 5.56 Å². The Hall–Kier alpha value is -0.640. The van der Waals surface area contributed by atoms with Gasteiger partial charge in [-0.1, -0.05) is 23.7 Å². The molecular formula is C8H9ClFNO. The number of halogens is 2. The summed E-state index contributed by atoms with van der Waals surface area (Å²) in [5, 5.41) is 0.129. The lowest BCUT2D eigenvalue weighted by Crippen LogP contribution is -2.05. The van der Waals surface area contributed by atoms with Crippen molar-refractivity contribution in [1.82, 2.24) is 0 Å². The molecule has 0 saturated carbocycles. The molecule has 0 atom stereocenters. The maximum Gasteiger partial charge on any atom is 0.145 e. The quantitative estimate of drug-likeness (QED) is 0.738. The standard InChI is InChI=1S/C8H9ClFNO/c9-7-3-1-2-6(8(7)10)4-5-12-11/h1-3H,4-5,11H2. The molecule has 0 aliphatic heterocycles. The van der Waals surface area contributed by atoms with Crippen molar-refractivity contribution < 1.29 is 9.23 Å². The second-order valence-electron chi connectivity index (χ2n) is 2.33. The molecule has 0 aliphatic carbocycles. The molecule has 1 aromatic carbocycles. The molecule has 2 N–H and O–H groups in total. The molecule has 0 spiro atoms. The summed E-state index contributed by atoms with van der Waals surface area (Å²) in [5.41, 5.74) is 0.521. The van der Waals surface area contributed by atoms with Crippen molar-refractivity contribution in [2.45, 2.75) is 6.42 Å². The first-order chi connectivity index (χ1) is 5.75. The normalized spacial score (nSPS) is 10.2. The molecule has 4 heteroatoms. The lowest BCUT2D eigenvalue weighted by molar-refractivity contribution is 0.140. The van der Waals surface area contributed by atoms with Gasteiger partial charge in [0, 0.05) is 6.42 Å². The van der Waals surface area contributed by atoms with E-state index < -0.39 is 5.82 Å². The van der Waals surface area contributed by atoms with E-state index in [4.69, 9.17) is 17.5 Å². The third kappa shape index (κ3) is 2.17. The molecule has 0 unspecified atom stereocenters. The molecule has 0 radical (unpaired) electrons. The van der Waals surface area contributed by atoms with Crippen molar-refractivity contribution in [2.75, 3.05) is 6.61 Å². The van der Waals surface area contributed by atoms with Crippen LogP contribution in [0, 0.1) is 5.82 Å². The average Bonchev–Trinajstić information content (AvgIpc) is 2.08. The second-order valence-corrected chi connectivity index (χ2v) is 2.74. The van der Waals surface area contributed by atoms with Gasteiger partial charge in [0.15, 0.2) is 0 Å². The van der Waals surface area contributed by atoms with Crippen molar-refractivity contribution in [2.24, 2.45) is 5.90 Å². The molecule has 1 aromatic rings. The summed E-state index contributed by atoms with van der Waals surface area (Å²) >= 11 is 5.55. The van der Waals surface area contributed by atoms with Gasteiger partial charge in [0.05, 0.1) is 11.6 Å². The van der Waals surface area contributed by atoms with Crippen molar-refractivity contribution in [1.29, 1.82) is 0 Å². The summed E-state index contributed by atoms with van der Waals surface area (Å²) in [6.45, 7) is 0.289. The number of hydrogen-bond acceptors (Lipinski definition) is 2. The van der Waals surface area contributed by atoms with Crippen LogP contribution in [0.25, 0.3) is 0 Å². The van der Waals surface area contributed by atoms with Gasteiger partial charge in [0.1, 0.15) is 5.82 Å². The lowest BCUT2D eigenvalue weighted by Gasteiger charge is -2.02. The van der Waals surface area contributed by atoms with Crippen LogP contribution in [0.15, 0.2) is 18.2 Å². The third-order valence-corrected chi connectivity index (χ3v) is 1.81. The van der Waals surface area contributed by atoms with Crippen molar-refractivity contribution >= 4 is 11.6 Å². The van der Waals surface area contributed by atoms with Gasteiger partial charge in [-0.15, -0.1) is 0 Å². The Balaban J connectivity index is 2.78. The summed E-state index contributed by atoms with van der Waals surface area (Å²) in [6, 6.07) is 4.85. The molecule has 0 bridgehead atoms. The maximum absolute atomic E-state index is 13.1. The van der Waals surface area contributed by atoms with E-state index in [2.05, 4.69) is 4.84 Å². The largest absolute Gasteiger partial charge is 0.304 e. The van der Waals surface area contributed by atoms with E-state index in [1.54, 1.807) is 12.1 Å². The summed E-state index contributed by atoms with van der Waals surface area (Å²) in [6.07, 6.45) is 0.433. The topological polar surface area (TPSA) is 35.2 Å². The fraction of sp³-hybridized carbons (Fsp3) is 0.250. The van der Waals surface area contributed by atoms with Crippen molar-refractivity contribution in [3.63, 3.8) is 0 Å². The monoisotopic (exact) mass is 189 g/mol. The second kappa shape index (κ2) is 4.40. The van der Waals surface area contributed by atoms with Crippen molar-refractivity contribution in [3.05, 3.63) is 34.6 Å². The minimum Gasteiger partial charge on any atom is -0.304 e. The zero-order valence-corrected chi connectivity index (χ0v) is 7.14. The fourth-order valence-electron chi connectivity index (χ4n) is 0.910. The number of benzene rings is 1. The zero-order chi connectivity index (χ0) is 8.97. The minimum atomic E-state index is -0.392. The molecule has 2 nitrogen and oxygen atoms in total. The smallest absolute Gasteiger partial charge is 0.145 e. The van der Waals surface area contributed by atoms with E-state index in [0.29, 0.717) is 12.0 Å². The van der Waals surface area contributed by atoms with Crippen LogP contribution in [0.3, 0.4) is 0 Å². The van der Waals surface area contributed by atoms with Gasteiger partial charge >= 0.3 is 0 Å². The third-order valence-electron chi connectivity index (χ3n) is 1.52. The highest BCUT2D eigenvalue weighted by atomic mass is 35.5. The Kier molecular flexibility index (Phi) is 3.47. The molecule has 66 valence electrons. The predicted molar refractivity (Wildman–Crippen MR) is 45.3 cm³/mol. The van der Waals surface area contributed by atoms with Crippen molar-refractivity contribution in [3.8, 4) is 0 Å². The molecule has 0 amide bonds. The lowest BCUT2D eigenvalue weighted by atomic mass is 10.1. The van der Waals surface area contributed by atoms with Crippen LogP contribution in [0.4, 0.5) is 4.39 Å². The Morgan fingerprint density at radius 1 is 1.50 bits per heavy atom. The molecule has 0 heterocycles. The van der Waals surface area contributed by atoms with E-state index in [9.17, 15) is 4.39 Å². The van der Waals surface area contributed by atoms with E-state index in [0.717, 1.165) is 0 Å². The Labute approximate surface area is 75.0 Å². The van der Waals surface area contributed by atoms with Gasteiger partial charge in [-0.25, -0.2) is 10.3 Å². The number of rotatable bonds is 3. The molecular weight excluding hydrogens is 181 g/mol. The van der Waals surface area contributed by atoms with E-state index in [1.165, 1.54) is 6.07 Å². The van der Waals surface area contributed by atoms with E-state index >= 15 is 0 Å². The minimum absolute atomic E-state index is 0.129. The van der Waals surface area contributed by atoms with Gasteiger partial charge < -0.3 is 4.84 Å². The molecule has 0 aromatic heterocycles. The molecule has 0 saturated heterocycles. The highest BCUT2D eigenvalue weighted by Gasteiger charge is 2.04. The molecule has 1 rings (SSSR count). The summed E-state index contributed by atoms with van der Waals surface area (Å²) < 4.78 is 13.1. The maximum atomic E-state index is 13.1. The molecule has 0 fully saturated rings. The van der Waals surface area contributed by atoms with Crippen LogP contribution in [-0.2, 0) is 11.3 Å². The molecule has 0 aliphatic rings. The average molecular weight is 190 g/mol. The van der Waals surface area contributed by atoms with Crippen LogP contribution >= 0.6 is 11.6 Å². The first-order valence-electron chi connectivity index (χ1n) is 3.50. The van der Waals surface area contributed by atoms with Gasteiger partial charge in [0.2, 0.25) is 0 Å². The molecule has 12 heavy (non-hydrogen) atoms. The number of hydrogen-bond donors (Lipinski definition) is 1. The SMILES string of the molecule is NOCCc1cccc(Cl)c1F. The van der Waals surface area contributed by atoms with Gasteiger partial charge in [-0.05, 0) is 11.6 Å². The Morgan fingerprint density at radius 2 is 2.25 bits per heavy atom. The van der Waals surface area contributed by atoms with Crippen LogP contribution in [0.2, 0.25) is 5.02 Å². The summed E-state index contributed by atoms with van der Waals surface area (Å²) in [4.78, 5) is 4.33. The Morgan fingerprint density at radius 3 is 2.92 bits per heavy atom. The highest BCUT2D eigenvalue weighted by molar-refractivity contribution is 6.30.